The van der Waals surface area contributed by atoms with E-state index in [0.29, 0.717) is 11.3 Å². The van der Waals surface area contributed by atoms with Crippen molar-refractivity contribution < 1.29 is 4.52 Å². The van der Waals surface area contributed by atoms with Crippen LogP contribution in [0.25, 0.3) is 4.91 Å². The van der Waals surface area contributed by atoms with Crippen molar-refractivity contribution in [1.29, 1.82) is 0 Å². The van der Waals surface area contributed by atoms with Crippen molar-refractivity contribution in [2.75, 3.05) is 4.90 Å². The van der Waals surface area contributed by atoms with Gasteiger partial charge in [-0.05, 0) is 5.92 Å². The normalized spacial score (nSPS) is 20.6. The maximum absolute atomic E-state index is 5.31. The first kappa shape index (κ1) is 12.7. The SMILES string of the molecule is CCC(C)C1SC(c2cncs2)=CN1c1ccno1. The zero-order valence-electron chi connectivity index (χ0n) is 10.8. The molecule has 2 unspecified atom stereocenters. The van der Waals surface area contributed by atoms with Crippen LogP contribution >= 0.6 is 23.1 Å². The monoisotopic (exact) mass is 293 g/mol. The van der Waals surface area contributed by atoms with Gasteiger partial charge in [0.25, 0.3) is 0 Å². The highest BCUT2D eigenvalue weighted by atomic mass is 32.2. The summed E-state index contributed by atoms with van der Waals surface area (Å²) in [5.41, 5.74) is 1.87. The van der Waals surface area contributed by atoms with E-state index < -0.39 is 0 Å². The minimum atomic E-state index is 0.357. The van der Waals surface area contributed by atoms with E-state index in [-0.39, 0.29) is 0 Å². The van der Waals surface area contributed by atoms with Crippen LogP contribution in [0.2, 0.25) is 0 Å². The van der Waals surface area contributed by atoms with E-state index in [0.717, 1.165) is 12.3 Å². The van der Waals surface area contributed by atoms with Gasteiger partial charge in [0.1, 0.15) is 0 Å². The number of anilines is 1. The molecule has 0 aromatic carbocycles. The molecule has 0 spiro atoms. The van der Waals surface area contributed by atoms with Gasteiger partial charge in [-0.1, -0.05) is 37.2 Å². The fourth-order valence-corrected chi connectivity index (χ4v) is 4.12. The van der Waals surface area contributed by atoms with E-state index in [1.54, 1.807) is 17.5 Å². The summed E-state index contributed by atoms with van der Waals surface area (Å²) in [4.78, 5) is 8.80. The molecule has 4 nitrogen and oxygen atoms in total. The molecule has 0 fully saturated rings. The predicted molar refractivity (Wildman–Crippen MR) is 79.9 cm³/mol. The smallest absolute Gasteiger partial charge is 0.232 e. The van der Waals surface area contributed by atoms with Crippen LogP contribution in [0.1, 0.15) is 25.1 Å². The molecule has 6 heteroatoms. The average Bonchev–Trinajstić information content (AvgIpc) is 3.14. The second-order valence-corrected chi connectivity index (χ2v) is 6.56. The van der Waals surface area contributed by atoms with Crippen LogP contribution in [0.3, 0.4) is 0 Å². The van der Waals surface area contributed by atoms with Crippen molar-refractivity contribution >= 4 is 33.9 Å². The summed E-state index contributed by atoms with van der Waals surface area (Å²) in [5.74, 6) is 1.37. The van der Waals surface area contributed by atoms with Crippen LogP contribution in [0.4, 0.5) is 5.88 Å². The van der Waals surface area contributed by atoms with E-state index in [1.807, 2.05) is 29.5 Å². The molecule has 0 bridgehead atoms. The van der Waals surface area contributed by atoms with E-state index in [4.69, 9.17) is 4.52 Å². The number of thiazole rings is 1. The van der Waals surface area contributed by atoms with Crippen LogP contribution < -0.4 is 4.90 Å². The Morgan fingerprint density at radius 2 is 2.42 bits per heavy atom. The predicted octanol–water partition coefficient (Wildman–Crippen LogP) is 4.06. The number of thioether (sulfide) groups is 1. The van der Waals surface area contributed by atoms with Gasteiger partial charge in [-0.25, -0.2) is 0 Å². The van der Waals surface area contributed by atoms with Gasteiger partial charge in [0, 0.05) is 23.4 Å². The third kappa shape index (κ3) is 2.42. The maximum Gasteiger partial charge on any atom is 0.232 e. The molecule has 3 rings (SSSR count). The van der Waals surface area contributed by atoms with Crippen molar-refractivity contribution in [3.63, 3.8) is 0 Å². The fraction of sp³-hybridized carbons (Fsp3) is 0.385. The largest absolute Gasteiger partial charge is 0.338 e. The molecule has 2 atom stereocenters. The highest BCUT2D eigenvalue weighted by Gasteiger charge is 2.32. The lowest BCUT2D eigenvalue weighted by Gasteiger charge is -2.26. The van der Waals surface area contributed by atoms with Gasteiger partial charge < -0.3 is 9.42 Å². The molecule has 2 aromatic heterocycles. The van der Waals surface area contributed by atoms with Gasteiger partial charge in [0.2, 0.25) is 5.88 Å². The standard InChI is InChI=1S/C13H15N3OS2/c1-3-9(2)13-16(12-4-5-15-17-12)7-11(19-13)10-6-14-8-18-10/h4-9,13H,3H2,1-2H3. The van der Waals surface area contributed by atoms with Crippen molar-refractivity contribution in [1.82, 2.24) is 10.1 Å². The number of aromatic nitrogens is 2. The van der Waals surface area contributed by atoms with Crippen LogP contribution in [0.5, 0.6) is 0 Å². The summed E-state index contributed by atoms with van der Waals surface area (Å²) < 4.78 is 5.31. The molecule has 3 heterocycles. The quantitative estimate of drug-likeness (QED) is 0.850. The molecule has 19 heavy (non-hydrogen) atoms. The minimum absolute atomic E-state index is 0.357. The lowest BCUT2D eigenvalue weighted by Crippen LogP contribution is -2.29. The van der Waals surface area contributed by atoms with Crippen LogP contribution in [0, 0.1) is 5.92 Å². The minimum Gasteiger partial charge on any atom is -0.338 e. The van der Waals surface area contributed by atoms with E-state index >= 15 is 0 Å². The molecular formula is C13H15N3OS2. The molecular weight excluding hydrogens is 278 g/mol. The molecule has 1 aliphatic heterocycles. The molecule has 1 aliphatic rings. The molecule has 0 radical (unpaired) electrons. The molecule has 100 valence electrons. The van der Waals surface area contributed by atoms with E-state index in [9.17, 15) is 0 Å². The summed E-state index contributed by atoms with van der Waals surface area (Å²) >= 11 is 3.54. The number of nitrogens with zero attached hydrogens (tertiary/aromatic N) is 3. The maximum atomic E-state index is 5.31. The number of hydrogen-bond donors (Lipinski definition) is 0. The van der Waals surface area contributed by atoms with Crippen LogP contribution in [-0.4, -0.2) is 15.5 Å². The summed E-state index contributed by atoms with van der Waals surface area (Å²) in [6, 6.07) is 1.90. The Labute approximate surface area is 120 Å². The number of rotatable bonds is 4. The third-order valence-electron chi connectivity index (χ3n) is 3.26. The lowest BCUT2D eigenvalue weighted by atomic mass is 10.1. The first-order valence-corrected chi connectivity index (χ1v) is 8.02. The van der Waals surface area contributed by atoms with Gasteiger partial charge in [-0.15, -0.1) is 11.3 Å². The average molecular weight is 293 g/mol. The van der Waals surface area contributed by atoms with Gasteiger partial charge in [0.05, 0.1) is 22.0 Å². The molecule has 0 saturated carbocycles. The van der Waals surface area contributed by atoms with Gasteiger partial charge >= 0.3 is 0 Å². The fourth-order valence-electron chi connectivity index (χ4n) is 2.00. The highest BCUT2D eigenvalue weighted by molar-refractivity contribution is 8.09. The van der Waals surface area contributed by atoms with E-state index in [1.165, 1.54) is 9.78 Å². The summed E-state index contributed by atoms with van der Waals surface area (Å²) in [7, 11) is 0. The highest BCUT2D eigenvalue weighted by Crippen LogP contribution is 2.45. The molecule has 2 aromatic rings. The Hall–Kier alpha value is -1.27. The Balaban J connectivity index is 1.92. The Morgan fingerprint density at radius 3 is 3.05 bits per heavy atom. The van der Waals surface area contributed by atoms with Gasteiger partial charge in [-0.2, -0.15) is 0 Å². The first-order valence-electron chi connectivity index (χ1n) is 6.26. The van der Waals surface area contributed by atoms with E-state index in [2.05, 4.69) is 35.1 Å². The summed E-state index contributed by atoms with van der Waals surface area (Å²) in [5, 5.41) is 4.17. The van der Waals surface area contributed by atoms with Crippen molar-refractivity contribution in [2.24, 2.45) is 5.92 Å². The Bertz CT molecular complexity index is 550. The lowest BCUT2D eigenvalue weighted by molar-refractivity contribution is 0.411. The topological polar surface area (TPSA) is 42.2 Å². The van der Waals surface area contributed by atoms with Gasteiger partial charge in [-0.3, -0.25) is 4.98 Å². The zero-order chi connectivity index (χ0) is 13.2. The van der Waals surface area contributed by atoms with Gasteiger partial charge in [0.15, 0.2) is 0 Å². The number of hydrogen-bond acceptors (Lipinski definition) is 6. The van der Waals surface area contributed by atoms with Crippen molar-refractivity contribution in [3.05, 3.63) is 35.0 Å². The molecule has 0 aliphatic carbocycles. The summed E-state index contributed by atoms with van der Waals surface area (Å²) in [6.45, 7) is 4.49. The Morgan fingerprint density at radius 1 is 1.53 bits per heavy atom. The second-order valence-electron chi connectivity index (χ2n) is 4.51. The third-order valence-corrected chi connectivity index (χ3v) is 5.71. The first-order chi connectivity index (χ1) is 9.29. The molecule has 0 amide bonds. The van der Waals surface area contributed by atoms with Crippen LogP contribution in [0.15, 0.2) is 34.7 Å². The van der Waals surface area contributed by atoms with Crippen LogP contribution in [-0.2, 0) is 0 Å². The second kappa shape index (κ2) is 5.38. The zero-order valence-corrected chi connectivity index (χ0v) is 12.4. The van der Waals surface area contributed by atoms with Crippen molar-refractivity contribution in [3.8, 4) is 0 Å². The molecule has 0 saturated heterocycles. The summed E-state index contributed by atoms with van der Waals surface area (Å²) in [6.07, 6.45) is 6.88. The Kier molecular flexibility index (Phi) is 3.61. The molecule has 0 N–H and O–H groups in total. The van der Waals surface area contributed by atoms with Crippen molar-refractivity contribution in [2.45, 2.75) is 25.6 Å².